The van der Waals surface area contributed by atoms with Crippen LogP contribution in [0, 0.1) is 13.8 Å². The number of aromatic nitrogens is 1. The lowest BCUT2D eigenvalue weighted by Gasteiger charge is -2.08. The maximum atomic E-state index is 12.0. The molecule has 2 rings (SSSR count). The number of pyridine rings is 1. The van der Waals surface area contributed by atoms with Crippen molar-refractivity contribution in [3.8, 4) is 0 Å². The number of fused-ring (bicyclic) bond motifs is 1. The van der Waals surface area contributed by atoms with E-state index >= 15 is 0 Å². The number of hydrogen-bond acceptors (Lipinski definition) is 2. The smallest absolute Gasteiger partial charge is 0.192 e. The summed E-state index contributed by atoms with van der Waals surface area (Å²) in [6.07, 6.45) is 0. The van der Waals surface area contributed by atoms with E-state index in [4.69, 9.17) is 4.74 Å². The highest BCUT2D eigenvalue weighted by Crippen LogP contribution is 2.16. The van der Waals surface area contributed by atoms with Crippen LogP contribution in [-0.4, -0.2) is 12.1 Å². The van der Waals surface area contributed by atoms with E-state index in [1.54, 1.807) is 7.11 Å². The van der Waals surface area contributed by atoms with Gasteiger partial charge in [-0.15, -0.1) is 0 Å². The molecule has 0 unspecified atom stereocenters. The number of rotatable bonds is 2. The normalized spacial score (nSPS) is 10.9. The second-order valence-electron chi connectivity index (χ2n) is 3.98. The van der Waals surface area contributed by atoms with Gasteiger partial charge in [0.1, 0.15) is 0 Å². The molecule has 0 bridgehead atoms. The van der Waals surface area contributed by atoms with Crippen molar-refractivity contribution >= 4 is 10.9 Å². The Balaban J connectivity index is 2.84. The minimum Gasteiger partial charge on any atom is -0.380 e. The van der Waals surface area contributed by atoms with E-state index in [-0.39, 0.29) is 5.43 Å². The first-order chi connectivity index (χ1) is 7.65. The number of methoxy groups -OCH3 is 1. The average molecular weight is 217 g/mol. The van der Waals surface area contributed by atoms with E-state index in [9.17, 15) is 4.79 Å². The second kappa shape index (κ2) is 4.10. The summed E-state index contributed by atoms with van der Waals surface area (Å²) in [5.74, 6) is 0. The van der Waals surface area contributed by atoms with E-state index in [2.05, 4.69) is 4.98 Å². The topological polar surface area (TPSA) is 42.1 Å². The Morgan fingerprint density at radius 2 is 2.06 bits per heavy atom. The summed E-state index contributed by atoms with van der Waals surface area (Å²) in [6.45, 7) is 4.27. The Hall–Kier alpha value is -1.61. The highest BCUT2D eigenvalue weighted by atomic mass is 16.5. The number of aromatic amines is 1. The molecule has 0 fully saturated rings. The van der Waals surface area contributed by atoms with Gasteiger partial charge >= 0.3 is 0 Å². The molecule has 1 aromatic heterocycles. The molecule has 0 saturated heterocycles. The summed E-state index contributed by atoms with van der Waals surface area (Å²) in [5, 5.41) is 0.734. The molecular formula is C13H15NO2. The minimum absolute atomic E-state index is 0.101. The van der Waals surface area contributed by atoms with Gasteiger partial charge in [0.2, 0.25) is 0 Å². The Kier molecular flexibility index (Phi) is 2.79. The molecule has 0 aliphatic carbocycles. The summed E-state index contributed by atoms with van der Waals surface area (Å²) < 4.78 is 5.12. The number of hydrogen-bond donors (Lipinski definition) is 1. The van der Waals surface area contributed by atoms with Crippen molar-refractivity contribution in [2.75, 3.05) is 7.11 Å². The zero-order valence-electron chi connectivity index (χ0n) is 9.76. The molecule has 0 radical (unpaired) electrons. The molecule has 0 spiro atoms. The lowest BCUT2D eigenvalue weighted by molar-refractivity contribution is 0.186. The first-order valence-corrected chi connectivity index (χ1v) is 5.25. The van der Waals surface area contributed by atoms with Gasteiger partial charge in [-0.25, -0.2) is 0 Å². The number of nitrogens with one attached hydrogen (secondary N) is 1. The third-order valence-corrected chi connectivity index (χ3v) is 2.91. The zero-order chi connectivity index (χ0) is 11.7. The Morgan fingerprint density at radius 1 is 1.31 bits per heavy atom. The highest BCUT2D eigenvalue weighted by molar-refractivity contribution is 5.82. The first kappa shape index (κ1) is 10.9. The largest absolute Gasteiger partial charge is 0.380 e. The second-order valence-corrected chi connectivity index (χ2v) is 3.98. The summed E-state index contributed by atoms with van der Waals surface area (Å²) in [6, 6.07) is 5.71. The fraction of sp³-hybridized carbons (Fsp3) is 0.308. The van der Waals surface area contributed by atoms with Crippen molar-refractivity contribution in [3.05, 3.63) is 45.2 Å². The van der Waals surface area contributed by atoms with Crippen LogP contribution in [0.5, 0.6) is 0 Å². The van der Waals surface area contributed by atoms with Crippen LogP contribution in [0.2, 0.25) is 0 Å². The van der Waals surface area contributed by atoms with Gasteiger partial charge in [0, 0.05) is 29.3 Å². The maximum absolute atomic E-state index is 12.0. The van der Waals surface area contributed by atoms with Crippen LogP contribution >= 0.6 is 0 Å². The van der Waals surface area contributed by atoms with Gasteiger partial charge in [-0.3, -0.25) is 4.79 Å². The summed E-state index contributed by atoms with van der Waals surface area (Å²) >= 11 is 0. The quantitative estimate of drug-likeness (QED) is 0.838. The molecule has 0 atom stereocenters. The summed E-state index contributed by atoms with van der Waals surface area (Å²) in [7, 11) is 1.65. The zero-order valence-corrected chi connectivity index (χ0v) is 9.76. The number of H-pyrrole nitrogens is 1. The Labute approximate surface area is 94.1 Å². The molecule has 0 saturated carbocycles. The van der Waals surface area contributed by atoms with Crippen LogP contribution in [0.25, 0.3) is 10.9 Å². The van der Waals surface area contributed by atoms with E-state index in [1.165, 1.54) is 0 Å². The number of benzene rings is 1. The van der Waals surface area contributed by atoms with Crippen LogP contribution in [0.15, 0.2) is 23.0 Å². The van der Waals surface area contributed by atoms with E-state index in [0.29, 0.717) is 6.61 Å². The van der Waals surface area contributed by atoms with Crippen molar-refractivity contribution in [2.45, 2.75) is 20.5 Å². The summed E-state index contributed by atoms with van der Waals surface area (Å²) in [5.41, 5.74) is 3.70. The molecule has 2 aromatic rings. The molecular weight excluding hydrogens is 202 g/mol. The van der Waals surface area contributed by atoms with Crippen LogP contribution in [0.3, 0.4) is 0 Å². The van der Waals surface area contributed by atoms with Gasteiger partial charge in [0.25, 0.3) is 0 Å². The van der Waals surface area contributed by atoms with Gasteiger partial charge in [-0.05, 0) is 19.9 Å². The molecule has 1 N–H and O–H groups in total. The Morgan fingerprint density at radius 3 is 2.75 bits per heavy atom. The van der Waals surface area contributed by atoms with E-state index < -0.39 is 0 Å². The molecule has 3 nitrogen and oxygen atoms in total. The van der Waals surface area contributed by atoms with Crippen molar-refractivity contribution in [2.24, 2.45) is 0 Å². The predicted octanol–water partition coefficient (Wildman–Crippen LogP) is 2.29. The number of para-hydroxylation sites is 1. The maximum Gasteiger partial charge on any atom is 0.192 e. The van der Waals surface area contributed by atoms with E-state index in [0.717, 1.165) is 27.7 Å². The highest BCUT2D eigenvalue weighted by Gasteiger charge is 2.08. The number of aryl methyl sites for hydroxylation is 1. The fourth-order valence-electron chi connectivity index (χ4n) is 1.87. The summed E-state index contributed by atoms with van der Waals surface area (Å²) in [4.78, 5) is 15.3. The molecule has 1 heterocycles. The van der Waals surface area contributed by atoms with Gasteiger partial charge in [-0.1, -0.05) is 12.1 Å². The Bertz CT molecular complexity index is 584. The molecule has 0 amide bonds. The fourth-order valence-corrected chi connectivity index (χ4v) is 1.87. The SMILES string of the molecule is COCc1cccc2c(=O)c(C)c(C)[nH]c12. The predicted molar refractivity (Wildman–Crippen MR) is 64.8 cm³/mol. The van der Waals surface area contributed by atoms with Crippen LogP contribution in [0.1, 0.15) is 16.8 Å². The monoisotopic (exact) mass is 217 g/mol. The lowest BCUT2D eigenvalue weighted by atomic mass is 10.1. The van der Waals surface area contributed by atoms with Crippen LogP contribution in [-0.2, 0) is 11.3 Å². The average Bonchev–Trinajstić information content (AvgIpc) is 2.28. The molecule has 84 valence electrons. The van der Waals surface area contributed by atoms with Gasteiger partial charge < -0.3 is 9.72 Å². The third-order valence-electron chi connectivity index (χ3n) is 2.91. The van der Waals surface area contributed by atoms with Crippen molar-refractivity contribution < 1.29 is 4.74 Å². The molecule has 3 heteroatoms. The molecule has 0 aliphatic rings. The van der Waals surface area contributed by atoms with Gasteiger partial charge in [0.15, 0.2) is 5.43 Å². The molecule has 1 aromatic carbocycles. The van der Waals surface area contributed by atoms with Crippen LogP contribution < -0.4 is 5.43 Å². The number of ether oxygens (including phenoxy) is 1. The standard InChI is InChI=1S/C13H15NO2/c1-8-9(2)14-12-10(7-16-3)5-4-6-11(12)13(8)15/h4-6H,7H2,1-3H3,(H,14,15). The van der Waals surface area contributed by atoms with Crippen molar-refractivity contribution in [1.29, 1.82) is 0 Å². The van der Waals surface area contributed by atoms with E-state index in [1.807, 2.05) is 32.0 Å². The van der Waals surface area contributed by atoms with Crippen LogP contribution in [0.4, 0.5) is 0 Å². The molecule has 16 heavy (non-hydrogen) atoms. The lowest BCUT2D eigenvalue weighted by Crippen LogP contribution is -2.10. The first-order valence-electron chi connectivity index (χ1n) is 5.25. The molecule has 0 aliphatic heterocycles. The third kappa shape index (κ3) is 1.63. The van der Waals surface area contributed by atoms with Gasteiger partial charge in [0.05, 0.1) is 12.1 Å². The minimum atomic E-state index is 0.101. The van der Waals surface area contributed by atoms with Crippen molar-refractivity contribution in [3.63, 3.8) is 0 Å². The van der Waals surface area contributed by atoms with Crippen molar-refractivity contribution in [1.82, 2.24) is 4.98 Å². The van der Waals surface area contributed by atoms with Gasteiger partial charge in [-0.2, -0.15) is 0 Å².